The van der Waals surface area contributed by atoms with Gasteiger partial charge < -0.3 is 9.64 Å². The number of hydrogen-bond donors (Lipinski definition) is 0. The SMILES string of the molecule is C=C(C(=C/C)/C(CCc1cc(Br)ccc1OC)=C(\C)F)N(C)CCC.CCCC. The Morgan fingerprint density at radius 2 is 1.83 bits per heavy atom. The molecule has 0 saturated carbocycles. The Balaban J connectivity index is 0.00000178. The summed E-state index contributed by atoms with van der Waals surface area (Å²) in [6.45, 7) is 15.0. The first-order valence-electron chi connectivity index (χ1n) is 10.5. The Morgan fingerprint density at radius 3 is 2.28 bits per heavy atom. The van der Waals surface area contributed by atoms with E-state index in [1.54, 1.807) is 7.11 Å². The minimum Gasteiger partial charge on any atom is -0.496 e. The van der Waals surface area contributed by atoms with Crippen molar-refractivity contribution >= 4 is 15.9 Å². The molecule has 4 heteroatoms. The Labute approximate surface area is 186 Å². The highest BCUT2D eigenvalue weighted by Gasteiger charge is 2.16. The average Bonchev–Trinajstić information content (AvgIpc) is 2.70. The normalized spacial score (nSPS) is 12.0. The van der Waals surface area contributed by atoms with Gasteiger partial charge in [0.15, 0.2) is 0 Å². The maximum Gasteiger partial charge on any atom is 0.122 e. The van der Waals surface area contributed by atoms with Gasteiger partial charge in [0.2, 0.25) is 0 Å². The zero-order chi connectivity index (χ0) is 22.4. The minimum absolute atomic E-state index is 0.159. The Hall–Kier alpha value is -1.55. The molecule has 2 nitrogen and oxygen atoms in total. The van der Waals surface area contributed by atoms with Gasteiger partial charge in [-0.15, -0.1) is 0 Å². The molecule has 0 unspecified atom stereocenters. The summed E-state index contributed by atoms with van der Waals surface area (Å²) in [6, 6.07) is 5.89. The predicted octanol–water partition coefficient (Wildman–Crippen LogP) is 8.24. The van der Waals surface area contributed by atoms with E-state index in [0.717, 1.165) is 40.0 Å². The third kappa shape index (κ3) is 9.66. The van der Waals surface area contributed by atoms with Crippen molar-refractivity contribution in [1.29, 1.82) is 0 Å². The predicted molar refractivity (Wildman–Crippen MR) is 129 cm³/mol. The van der Waals surface area contributed by atoms with Crippen LogP contribution in [0.1, 0.15) is 65.9 Å². The van der Waals surface area contributed by atoms with Gasteiger partial charge in [-0.05, 0) is 68.0 Å². The summed E-state index contributed by atoms with van der Waals surface area (Å²) in [7, 11) is 3.65. The van der Waals surface area contributed by atoms with Gasteiger partial charge in [-0.25, -0.2) is 4.39 Å². The fourth-order valence-corrected chi connectivity index (χ4v) is 3.29. The van der Waals surface area contributed by atoms with Crippen molar-refractivity contribution in [1.82, 2.24) is 4.90 Å². The van der Waals surface area contributed by atoms with Gasteiger partial charge in [-0.2, -0.15) is 0 Å². The van der Waals surface area contributed by atoms with E-state index in [1.165, 1.54) is 19.8 Å². The van der Waals surface area contributed by atoms with Crippen LogP contribution in [-0.2, 0) is 6.42 Å². The molecule has 0 bridgehead atoms. The van der Waals surface area contributed by atoms with Crippen molar-refractivity contribution in [3.63, 3.8) is 0 Å². The van der Waals surface area contributed by atoms with Crippen LogP contribution < -0.4 is 4.74 Å². The molecule has 1 aromatic rings. The summed E-state index contributed by atoms with van der Waals surface area (Å²) < 4.78 is 20.7. The number of ether oxygens (including phenoxy) is 1. The molecular formula is C25H39BrFNO. The number of methoxy groups -OCH3 is 1. The number of nitrogens with zero attached hydrogens (tertiary/aromatic N) is 1. The van der Waals surface area contributed by atoms with E-state index in [4.69, 9.17) is 4.74 Å². The lowest BCUT2D eigenvalue weighted by Gasteiger charge is -2.25. The van der Waals surface area contributed by atoms with Crippen molar-refractivity contribution in [3.05, 3.63) is 63.6 Å². The van der Waals surface area contributed by atoms with E-state index in [2.05, 4.69) is 48.2 Å². The molecule has 0 radical (unpaired) electrons. The molecule has 0 N–H and O–H groups in total. The molecule has 0 amide bonds. The van der Waals surface area contributed by atoms with E-state index < -0.39 is 0 Å². The highest BCUT2D eigenvalue weighted by Crippen LogP contribution is 2.31. The van der Waals surface area contributed by atoms with Gasteiger partial charge in [0.25, 0.3) is 0 Å². The Morgan fingerprint density at radius 1 is 1.21 bits per heavy atom. The van der Waals surface area contributed by atoms with Crippen molar-refractivity contribution in [3.8, 4) is 5.75 Å². The van der Waals surface area contributed by atoms with Crippen LogP contribution >= 0.6 is 15.9 Å². The van der Waals surface area contributed by atoms with Crippen LogP contribution in [0.4, 0.5) is 4.39 Å². The standard InChI is InChI=1S/C21H29BrFNO.C4H10/c1-7-13-24(5)16(4)19(8-2)20(15(3)23)11-9-17-14-18(22)10-12-21(17)25-6;1-3-4-2/h8,10,12,14H,4,7,9,11,13H2,1-3,5-6H3;3-4H2,1-2H3/b19-8-,20-15+;. The summed E-state index contributed by atoms with van der Waals surface area (Å²) in [5.41, 5.74) is 3.50. The first-order valence-corrected chi connectivity index (χ1v) is 11.3. The van der Waals surface area contributed by atoms with Gasteiger partial charge in [0.05, 0.1) is 7.11 Å². The molecule has 29 heavy (non-hydrogen) atoms. The number of unbranched alkanes of at least 4 members (excludes halogenated alkanes) is 1. The van der Waals surface area contributed by atoms with Crippen LogP contribution in [0, 0.1) is 0 Å². The van der Waals surface area contributed by atoms with Gasteiger partial charge in [0, 0.05) is 23.8 Å². The van der Waals surface area contributed by atoms with Crippen LogP contribution in [0.3, 0.4) is 0 Å². The van der Waals surface area contributed by atoms with E-state index in [0.29, 0.717) is 18.4 Å². The van der Waals surface area contributed by atoms with Crippen LogP contribution in [-0.4, -0.2) is 25.6 Å². The Bertz CT molecular complexity index is 688. The molecule has 164 valence electrons. The van der Waals surface area contributed by atoms with Crippen LogP contribution in [0.2, 0.25) is 0 Å². The Kier molecular flexibility index (Phi) is 14.5. The molecule has 0 aliphatic rings. The highest BCUT2D eigenvalue weighted by molar-refractivity contribution is 9.10. The minimum atomic E-state index is -0.159. The topological polar surface area (TPSA) is 12.5 Å². The number of halogens is 2. The van der Waals surface area contributed by atoms with Crippen LogP contribution in [0.5, 0.6) is 5.75 Å². The summed E-state index contributed by atoms with van der Waals surface area (Å²) in [6.07, 6.45) is 6.90. The van der Waals surface area contributed by atoms with Gasteiger partial charge in [-0.1, -0.05) is 62.2 Å². The van der Waals surface area contributed by atoms with E-state index in [1.807, 2.05) is 38.2 Å². The monoisotopic (exact) mass is 467 g/mol. The molecule has 0 aliphatic heterocycles. The fourth-order valence-electron chi connectivity index (χ4n) is 2.89. The van der Waals surface area contributed by atoms with E-state index in [-0.39, 0.29) is 5.83 Å². The largest absolute Gasteiger partial charge is 0.496 e. The third-order valence-corrected chi connectivity index (χ3v) is 5.24. The number of rotatable bonds is 10. The van der Waals surface area contributed by atoms with Gasteiger partial charge in [-0.3, -0.25) is 0 Å². The highest BCUT2D eigenvalue weighted by atomic mass is 79.9. The summed E-state index contributed by atoms with van der Waals surface area (Å²) in [5.74, 6) is 0.663. The van der Waals surface area contributed by atoms with E-state index in [9.17, 15) is 4.39 Å². The maximum absolute atomic E-state index is 14.3. The van der Waals surface area contributed by atoms with Crippen molar-refractivity contribution < 1.29 is 9.13 Å². The summed E-state index contributed by atoms with van der Waals surface area (Å²) in [5, 5.41) is 0. The first kappa shape index (κ1) is 27.5. The molecule has 1 aromatic carbocycles. The lowest BCUT2D eigenvalue weighted by atomic mass is 9.94. The third-order valence-electron chi connectivity index (χ3n) is 4.75. The first-order chi connectivity index (χ1) is 13.8. The molecule has 0 spiro atoms. The molecule has 0 aromatic heterocycles. The second-order valence-corrected chi connectivity index (χ2v) is 7.95. The summed E-state index contributed by atoms with van der Waals surface area (Å²) >= 11 is 3.49. The zero-order valence-electron chi connectivity index (χ0n) is 19.4. The number of allylic oxidation sites excluding steroid dienone is 3. The zero-order valence-corrected chi connectivity index (χ0v) is 21.0. The molecule has 0 saturated heterocycles. The van der Waals surface area contributed by atoms with Gasteiger partial charge >= 0.3 is 0 Å². The average molecular weight is 468 g/mol. The molecule has 0 fully saturated rings. The lowest BCUT2D eigenvalue weighted by molar-refractivity contribution is 0.409. The number of hydrogen-bond acceptors (Lipinski definition) is 2. The maximum atomic E-state index is 14.3. The molecule has 0 atom stereocenters. The molecular weight excluding hydrogens is 429 g/mol. The molecule has 1 rings (SSSR count). The second-order valence-electron chi connectivity index (χ2n) is 7.04. The van der Waals surface area contributed by atoms with Crippen molar-refractivity contribution in [2.75, 3.05) is 20.7 Å². The van der Waals surface area contributed by atoms with Crippen LogP contribution in [0.15, 0.2) is 58.0 Å². The fraction of sp³-hybridized carbons (Fsp3) is 0.520. The number of benzene rings is 1. The quantitative estimate of drug-likeness (QED) is 0.321. The van der Waals surface area contributed by atoms with E-state index >= 15 is 0 Å². The number of likely N-dealkylation sites (N-methyl/N-ethyl adjacent to an activating group) is 1. The lowest BCUT2D eigenvalue weighted by Crippen LogP contribution is -2.20. The molecule has 0 aliphatic carbocycles. The number of aryl methyl sites for hydroxylation is 1. The second kappa shape index (κ2) is 15.3. The van der Waals surface area contributed by atoms with Crippen molar-refractivity contribution in [2.24, 2.45) is 0 Å². The van der Waals surface area contributed by atoms with Crippen LogP contribution in [0.25, 0.3) is 0 Å². The summed E-state index contributed by atoms with van der Waals surface area (Å²) in [4.78, 5) is 2.08. The molecule has 0 heterocycles. The van der Waals surface area contributed by atoms with Crippen molar-refractivity contribution in [2.45, 2.75) is 66.7 Å². The smallest absolute Gasteiger partial charge is 0.122 e. The van der Waals surface area contributed by atoms with Gasteiger partial charge in [0.1, 0.15) is 11.6 Å².